The van der Waals surface area contributed by atoms with Gasteiger partial charge >= 0.3 is 0 Å². The Hall–Kier alpha value is -0.200. The van der Waals surface area contributed by atoms with E-state index in [1.165, 1.54) is 0 Å². The minimum atomic E-state index is -1.11. The second-order valence-electron chi connectivity index (χ2n) is 4.44. The van der Waals surface area contributed by atoms with E-state index < -0.39 is 30.2 Å². The Morgan fingerprint density at radius 1 is 1.21 bits per heavy atom. The fourth-order valence-corrected chi connectivity index (χ4v) is 1.31. The molecule has 14 heavy (non-hydrogen) atoms. The highest BCUT2D eigenvalue weighted by atomic mass is 16.7. The van der Waals surface area contributed by atoms with E-state index in [4.69, 9.17) is 14.6 Å². The molecule has 5 nitrogen and oxygen atoms in total. The van der Waals surface area contributed by atoms with Crippen molar-refractivity contribution in [3.8, 4) is 0 Å². The molecule has 1 aliphatic rings. The lowest BCUT2D eigenvalue weighted by Crippen LogP contribution is -2.37. The van der Waals surface area contributed by atoms with Crippen molar-refractivity contribution in [3.05, 3.63) is 0 Å². The third kappa shape index (κ3) is 2.65. The molecule has 84 valence electrons. The molecule has 0 saturated carbocycles. The van der Waals surface area contributed by atoms with Crippen LogP contribution in [0.25, 0.3) is 0 Å². The Bertz CT molecular complexity index is 188. The van der Waals surface area contributed by atoms with Crippen molar-refractivity contribution in [2.24, 2.45) is 0 Å². The summed E-state index contributed by atoms with van der Waals surface area (Å²) in [6.45, 7) is 5.13. The van der Waals surface area contributed by atoms with E-state index in [1.54, 1.807) is 0 Å². The molecule has 0 aromatic rings. The molecular formula is C9H18O5. The van der Waals surface area contributed by atoms with Gasteiger partial charge in [0.15, 0.2) is 6.29 Å². The molecule has 0 amide bonds. The third-order valence-electron chi connectivity index (χ3n) is 1.97. The lowest BCUT2D eigenvalue weighted by atomic mass is 10.1. The largest absolute Gasteiger partial charge is 0.394 e. The molecule has 0 aromatic carbocycles. The molecule has 0 unspecified atom stereocenters. The number of hydrogen-bond donors (Lipinski definition) is 3. The van der Waals surface area contributed by atoms with Gasteiger partial charge < -0.3 is 24.8 Å². The quantitative estimate of drug-likeness (QED) is 0.553. The topological polar surface area (TPSA) is 79.2 Å². The van der Waals surface area contributed by atoms with Gasteiger partial charge in [-0.15, -0.1) is 0 Å². The van der Waals surface area contributed by atoms with Crippen molar-refractivity contribution in [1.82, 2.24) is 0 Å². The van der Waals surface area contributed by atoms with E-state index in [0.29, 0.717) is 0 Å². The van der Waals surface area contributed by atoms with Gasteiger partial charge in [-0.05, 0) is 20.8 Å². The van der Waals surface area contributed by atoms with Crippen LogP contribution >= 0.6 is 0 Å². The first-order valence-electron chi connectivity index (χ1n) is 4.65. The molecule has 1 heterocycles. The maximum Gasteiger partial charge on any atom is 0.187 e. The lowest BCUT2D eigenvalue weighted by molar-refractivity contribution is -0.214. The average molecular weight is 206 g/mol. The molecular weight excluding hydrogens is 188 g/mol. The van der Waals surface area contributed by atoms with Gasteiger partial charge in [-0.3, -0.25) is 0 Å². The highest BCUT2D eigenvalue weighted by Crippen LogP contribution is 2.25. The summed E-state index contributed by atoms with van der Waals surface area (Å²) in [6, 6.07) is 0. The van der Waals surface area contributed by atoms with E-state index in [-0.39, 0.29) is 6.61 Å². The van der Waals surface area contributed by atoms with Gasteiger partial charge in [0, 0.05) is 0 Å². The zero-order chi connectivity index (χ0) is 10.9. The van der Waals surface area contributed by atoms with Crippen LogP contribution in [0.4, 0.5) is 0 Å². The van der Waals surface area contributed by atoms with Crippen LogP contribution in [-0.4, -0.2) is 52.1 Å². The second kappa shape index (κ2) is 4.12. The lowest BCUT2D eigenvalue weighted by Gasteiger charge is -2.26. The summed E-state index contributed by atoms with van der Waals surface area (Å²) in [5, 5.41) is 27.7. The molecule has 0 aliphatic carbocycles. The number of aliphatic hydroxyl groups is 3. The highest BCUT2D eigenvalue weighted by molar-refractivity contribution is 4.87. The summed E-state index contributed by atoms with van der Waals surface area (Å²) in [5.41, 5.74) is -0.463. The Kier molecular flexibility index (Phi) is 3.49. The fraction of sp³-hybridized carbons (Fsp3) is 1.00. The van der Waals surface area contributed by atoms with Gasteiger partial charge in [0.25, 0.3) is 0 Å². The van der Waals surface area contributed by atoms with Gasteiger partial charge in [-0.1, -0.05) is 0 Å². The van der Waals surface area contributed by atoms with Crippen LogP contribution in [-0.2, 0) is 9.47 Å². The molecule has 3 N–H and O–H groups in total. The standard InChI is InChI=1S/C9H18O5/c1-9(2,3)14-8-7(12)6(11)5(4-10)13-8/h5-8,10-12H,4H2,1-3H3/t5-,6-,7+,8+/m1/s1. The van der Waals surface area contributed by atoms with Crippen molar-refractivity contribution in [2.45, 2.75) is 51.0 Å². The SMILES string of the molecule is CC(C)(C)O[C@@H]1O[C@H](CO)[C@@H](O)[C@@H]1O. The number of rotatable bonds is 2. The van der Waals surface area contributed by atoms with Gasteiger partial charge in [0.05, 0.1) is 12.2 Å². The summed E-state index contributed by atoms with van der Waals surface area (Å²) in [6.07, 6.45) is -3.83. The molecule has 1 aliphatic heterocycles. The van der Waals surface area contributed by atoms with Gasteiger partial charge in [0.1, 0.15) is 18.3 Å². The first-order valence-corrected chi connectivity index (χ1v) is 4.65. The van der Waals surface area contributed by atoms with Crippen LogP contribution in [0.15, 0.2) is 0 Å². The Morgan fingerprint density at radius 3 is 2.14 bits per heavy atom. The molecule has 0 radical (unpaired) electrons. The summed E-state index contributed by atoms with van der Waals surface area (Å²) in [5.74, 6) is 0. The van der Waals surface area contributed by atoms with E-state index >= 15 is 0 Å². The van der Waals surface area contributed by atoms with Gasteiger partial charge in [-0.25, -0.2) is 0 Å². The maximum atomic E-state index is 9.51. The molecule has 1 saturated heterocycles. The first kappa shape index (κ1) is 11.9. The van der Waals surface area contributed by atoms with Gasteiger partial charge in [0.2, 0.25) is 0 Å². The van der Waals surface area contributed by atoms with Crippen LogP contribution < -0.4 is 0 Å². The average Bonchev–Trinajstić information content (AvgIpc) is 2.30. The third-order valence-corrected chi connectivity index (χ3v) is 1.97. The molecule has 5 heteroatoms. The maximum absolute atomic E-state index is 9.51. The molecule has 0 aromatic heterocycles. The van der Waals surface area contributed by atoms with Crippen LogP contribution in [0.2, 0.25) is 0 Å². The van der Waals surface area contributed by atoms with E-state index in [1.807, 2.05) is 20.8 Å². The van der Waals surface area contributed by atoms with E-state index in [0.717, 1.165) is 0 Å². The highest BCUT2D eigenvalue weighted by Gasteiger charge is 2.44. The van der Waals surface area contributed by atoms with Crippen LogP contribution in [0.3, 0.4) is 0 Å². The molecule has 4 atom stereocenters. The summed E-state index contributed by atoms with van der Waals surface area (Å²) < 4.78 is 10.5. The zero-order valence-electron chi connectivity index (χ0n) is 8.67. The Morgan fingerprint density at radius 2 is 1.79 bits per heavy atom. The number of aliphatic hydroxyl groups excluding tert-OH is 3. The molecule has 1 rings (SSSR count). The Balaban J connectivity index is 2.57. The van der Waals surface area contributed by atoms with E-state index in [9.17, 15) is 10.2 Å². The fourth-order valence-electron chi connectivity index (χ4n) is 1.31. The minimum absolute atomic E-state index is 0.331. The monoisotopic (exact) mass is 206 g/mol. The zero-order valence-corrected chi connectivity index (χ0v) is 8.67. The van der Waals surface area contributed by atoms with Crippen LogP contribution in [0, 0.1) is 0 Å². The summed E-state index contributed by atoms with van der Waals surface area (Å²) in [7, 11) is 0. The second-order valence-corrected chi connectivity index (χ2v) is 4.44. The van der Waals surface area contributed by atoms with Crippen molar-refractivity contribution in [3.63, 3.8) is 0 Å². The summed E-state index contributed by atoms with van der Waals surface area (Å²) in [4.78, 5) is 0. The number of hydrogen-bond acceptors (Lipinski definition) is 5. The van der Waals surface area contributed by atoms with Crippen molar-refractivity contribution in [2.75, 3.05) is 6.61 Å². The predicted octanol–water partition coefficient (Wildman–Crippen LogP) is -0.760. The smallest absolute Gasteiger partial charge is 0.187 e. The van der Waals surface area contributed by atoms with Crippen molar-refractivity contribution in [1.29, 1.82) is 0 Å². The molecule has 0 bridgehead atoms. The Labute approximate surface area is 83.3 Å². The first-order chi connectivity index (χ1) is 6.35. The van der Waals surface area contributed by atoms with Crippen molar-refractivity contribution >= 4 is 0 Å². The van der Waals surface area contributed by atoms with Crippen LogP contribution in [0.5, 0.6) is 0 Å². The normalized spacial score (nSPS) is 39.0. The minimum Gasteiger partial charge on any atom is -0.394 e. The van der Waals surface area contributed by atoms with Crippen LogP contribution in [0.1, 0.15) is 20.8 Å². The van der Waals surface area contributed by atoms with Crippen molar-refractivity contribution < 1.29 is 24.8 Å². The molecule has 1 fully saturated rings. The van der Waals surface area contributed by atoms with Gasteiger partial charge in [-0.2, -0.15) is 0 Å². The predicted molar refractivity (Wildman–Crippen MR) is 48.6 cm³/mol. The van der Waals surface area contributed by atoms with E-state index in [2.05, 4.69) is 0 Å². The molecule has 0 spiro atoms. The number of ether oxygens (including phenoxy) is 2. The summed E-state index contributed by atoms with van der Waals surface area (Å²) >= 11 is 0.